The van der Waals surface area contributed by atoms with Crippen molar-refractivity contribution in [2.75, 3.05) is 19.3 Å². The van der Waals surface area contributed by atoms with Crippen molar-refractivity contribution in [3.63, 3.8) is 0 Å². The van der Waals surface area contributed by atoms with Gasteiger partial charge >= 0.3 is 0 Å². The molecule has 0 bridgehead atoms. The van der Waals surface area contributed by atoms with Crippen LogP contribution in [0.5, 0.6) is 0 Å². The van der Waals surface area contributed by atoms with Gasteiger partial charge < -0.3 is 11.1 Å². The van der Waals surface area contributed by atoms with Crippen molar-refractivity contribution in [2.24, 2.45) is 5.73 Å². The van der Waals surface area contributed by atoms with E-state index in [1.54, 1.807) is 6.26 Å². The second kappa shape index (κ2) is 7.94. The molecule has 0 rings (SSSR count). The van der Waals surface area contributed by atoms with E-state index in [1.165, 1.54) is 0 Å². The molecule has 0 fully saturated rings. The first-order chi connectivity index (χ1) is 6.57. The van der Waals surface area contributed by atoms with E-state index in [2.05, 4.69) is 5.32 Å². The Balaban J connectivity index is 3.44. The first-order valence-corrected chi connectivity index (χ1v) is 6.49. The highest BCUT2D eigenvalue weighted by Crippen LogP contribution is 1.97. The van der Waals surface area contributed by atoms with E-state index in [9.17, 15) is 9.00 Å². The summed E-state index contributed by atoms with van der Waals surface area (Å²) in [6, 6.07) is 0. The molecule has 0 aliphatic rings. The molecular formula is C9H20N2O2S. The van der Waals surface area contributed by atoms with Crippen LogP contribution in [0.2, 0.25) is 0 Å². The molecule has 3 N–H and O–H groups in total. The van der Waals surface area contributed by atoms with Crippen molar-refractivity contribution in [1.82, 2.24) is 5.32 Å². The Morgan fingerprint density at radius 3 is 2.71 bits per heavy atom. The minimum absolute atomic E-state index is 0.0320. The van der Waals surface area contributed by atoms with Gasteiger partial charge in [0.15, 0.2) is 0 Å². The van der Waals surface area contributed by atoms with Crippen molar-refractivity contribution in [3.8, 4) is 0 Å². The minimum atomic E-state index is -0.802. The van der Waals surface area contributed by atoms with Gasteiger partial charge in [-0.15, -0.1) is 0 Å². The smallest absolute Gasteiger partial charge is 0.220 e. The van der Waals surface area contributed by atoms with Gasteiger partial charge in [0.25, 0.3) is 0 Å². The van der Waals surface area contributed by atoms with Crippen LogP contribution >= 0.6 is 0 Å². The molecule has 1 amide bonds. The maximum Gasteiger partial charge on any atom is 0.220 e. The Morgan fingerprint density at radius 1 is 1.57 bits per heavy atom. The first-order valence-electron chi connectivity index (χ1n) is 4.87. The lowest BCUT2D eigenvalue weighted by Gasteiger charge is -2.08. The van der Waals surface area contributed by atoms with E-state index < -0.39 is 10.8 Å². The van der Waals surface area contributed by atoms with Gasteiger partial charge in [0.2, 0.25) is 5.91 Å². The normalized spacial score (nSPS) is 14.8. The Hall–Kier alpha value is -0.420. The number of carbonyl (C=O) groups excluding carboxylic acids is 1. The molecule has 0 heterocycles. The number of nitrogens with two attached hydrogens (primary N) is 1. The number of hydrogen-bond acceptors (Lipinski definition) is 3. The lowest BCUT2D eigenvalue weighted by molar-refractivity contribution is -0.121. The van der Waals surface area contributed by atoms with E-state index in [-0.39, 0.29) is 11.2 Å². The zero-order valence-electron chi connectivity index (χ0n) is 8.91. The SMILES string of the molecule is CC(CCNC(=O)CCCN)S(C)=O. The summed E-state index contributed by atoms with van der Waals surface area (Å²) in [6.07, 6.45) is 3.65. The topological polar surface area (TPSA) is 72.2 Å². The predicted octanol–water partition coefficient (Wildman–Crippen LogP) is -0.00140. The second-order valence-electron chi connectivity index (χ2n) is 3.34. The number of nitrogens with one attached hydrogen (secondary N) is 1. The van der Waals surface area contributed by atoms with E-state index in [4.69, 9.17) is 5.73 Å². The maximum atomic E-state index is 11.1. The molecule has 0 aromatic heterocycles. The average Bonchev–Trinajstić information content (AvgIpc) is 2.14. The summed E-state index contributed by atoms with van der Waals surface area (Å²) in [4.78, 5) is 11.1. The molecule has 5 heteroatoms. The monoisotopic (exact) mass is 220 g/mol. The third-order valence-corrected chi connectivity index (χ3v) is 3.42. The highest BCUT2D eigenvalue weighted by molar-refractivity contribution is 7.84. The molecule has 0 aliphatic heterocycles. The van der Waals surface area contributed by atoms with Gasteiger partial charge in [0.1, 0.15) is 0 Å². The van der Waals surface area contributed by atoms with E-state index in [0.717, 1.165) is 12.8 Å². The van der Waals surface area contributed by atoms with Crippen LogP contribution in [0, 0.1) is 0 Å². The van der Waals surface area contributed by atoms with Crippen LogP contribution < -0.4 is 11.1 Å². The molecule has 0 saturated heterocycles. The number of carbonyl (C=O) groups is 1. The van der Waals surface area contributed by atoms with Crippen LogP contribution in [0.25, 0.3) is 0 Å². The minimum Gasteiger partial charge on any atom is -0.356 e. The number of hydrogen-bond donors (Lipinski definition) is 2. The van der Waals surface area contributed by atoms with Gasteiger partial charge in [0.05, 0.1) is 0 Å². The summed E-state index contributed by atoms with van der Waals surface area (Å²) in [5, 5.41) is 2.92. The number of amides is 1. The van der Waals surface area contributed by atoms with Crippen LogP contribution in [0.3, 0.4) is 0 Å². The summed E-state index contributed by atoms with van der Waals surface area (Å²) in [5.74, 6) is 0.0320. The Bertz CT molecular complexity index is 197. The van der Waals surface area contributed by atoms with E-state index >= 15 is 0 Å². The third kappa shape index (κ3) is 7.03. The van der Waals surface area contributed by atoms with Crippen LogP contribution in [0.1, 0.15) is 26.2 Å². The fraction of sp³-hybridized carbons (Fsp3) is 0.889. The molecule has 14 heavy (non-hydrogen) atoms. The quantitative estimate of drug-likeness (QED) is 0.634. The molecule has 2 atom stereocenters. The van der Waals surface area contributed by atoms with Crippen molar-refractivity contribution < 1.29 is 9.00 Å². The maximum absolute atomic E-state index is 11.1. The predicted molar refractivity (Wildman–Crippen MR) is 59.4 cm³/mol. The molecule has 0 aromatic rings. The Morgan fingerprint density at radius 2 is 2.21 bits per heavy atom. The molecule has 0 saturated carbocycles. The molecule has 0 aromatic carbocycles. The van der Waals surface area contributed by atoms with Gasteiger partial charge in [-0.25, -0.2) is 0 Å². The zero-order chi connectivity index (χ0) is 11.0. The van der Waals surface area contributed by atoms with Gasteiger partial charge in [-0.2, -0.15) is 0 Å². The van der Waals surface area contributed by atoms with Crippen molar-refractivity contribution in [3.05, 3.63) is 0 Å². The second-order valence-corrected chi connectivity index (χ2v) is 5.14. The lowest BCUT2D eigenvalue weighted by Crippen LogP contribution is -2.27. The van der Waals surface area contributed by atoms with Crippen LogP contribution in [0.15, 0.2) is 0 Å². The molecule has 84 valence electrons. The fourth-order valence-electron chi connectivity index (χ4n) is 0.932. The third-order valence-electron chi connectivity index (χ3n) is 2.05. The highest BCUT2D eigenvalue weighted by atomic mass is 32.2. The van der Waals surface area contributed by atoms with Crippen LogP contribution in [-0.4, -0.2) is 34.7 Å². The Labute approximate surface area is 88.1 Å². The number of rotatable bonds is 7. The van der Waals surface area contributed by atoms with Gasteiger partial charge in [-0.05, 0) is 19.4 Å². The molecule has 4 nitrogen and oxygen atoms in total. The van der Waals surface area contributed by atoms with Gasteiger partial charge in [0, 0.05) is 35.3 Å². The van der Waals surface area contributed by atoms with Gasteiger partial charge in [-0.3, -0.25) is 9.00 Å². The summed E-state index contributed by atoms with van der Waals surface area (Å²) in [5.41, 5.74) is 5.27. The lowest BCUT2D eigenvalue weighted by atomic mass is 10.3. The molecule has 0 aliphatic carbocycles. The van der Waals surface area contributed by atoms with Crippen molar-refractivity contribution >= 4 is 16.7 Å². The zero-order valence-corrected chi connectivity index (χ0v) is 9.73. The molecule has 0 radical (unpaired) electrons. The van der Waals surface area contributed by atoms with Crippen molar-refractivity contribution in [1.29, 1.82) is 0 Å². The summed E-state index contributed by atoms with van der Waals surface area (Å²) in [6.45, 7) is 3.06. The van der Waals surface area contributed by atoms with Crippen LogP contribution in [-0.2, 0) is 15.6 Å². The fourth-order valence-corrected chi connectivity index (χ4v) is 1.38. The van der Waals surface area contributed by atoms with Crippen LogP contribution in [0.4, 0.5) is 0 Å². The summed E-state index contributed by atoms with van der Waals surface area (Å²) < 4.78 is 11.0. The standard InChI is InChI=1S/C9H20N2O2S/c1-8(14(2)13)5-7-11-9(12)4-3-6-10/h8H,3-7,10H2,1-2H3,(H,11,12). The van der Waals surface area contributed by atoms with E-state index in [0.29, 0.717) is 19.5 Å². The summed E-state index contributed by atoms with van der Waals surface area (Å²) in [7, 11) is -0.802. The average molecular weight is 220 g/mol. The highest BCUT2D eigenvalue weighted by Gasteiger charge is 2.06. The van der Waals surface area contributed by atoms with E-state index in [1.807, 2.05) is 6.92 Å². The first kappa shape index (κ1) is 13.6. The van der Waals surface area contributed by atoms with Gasteiger partial charge in [-0.1, -0.05) is 6.92 Å². The Kier molecular flexibility index (Phi) is 7.70. The molecule has 0 spiro atoms. The molecule has 2 unspecified atom stereocenters. The molecular weight excluding hydrogens is 200 g/mol. The largest absolute Gasteiger partial charge is 0.356 e. The van der Waals surface area contributed by atoms with Crippen molar-refractivity contribution in [2.45, 2.75) is 31.4 Å². The summed E-state index contributed by atoms with van der Waals surface area (Å²) >= 11 is 0.